The summed E-state index contributed by atoms with van der Waals surface area (Å²) in [5, 5.41) is 7.14. The summed E-state index contributed by atoms with van der Waals surface area (Å²) >= 11 is 0. The average Bonchev–Trinajstić information content (AvgIpc) is 3.23. The van der Waals surface area contributed by atoms with Gasteiger partial charge in [0.2, 0.25) is 15.9 Å². The molecule has 174 valence electrons. The molecule has 0 aliphatic carbocycles. The third-order valence-corrected chi connectivity index (χ3v) is 7.87. The standard InChI is InChI=1S/C25H30N4O3S/c30-25(26-20-22-6-11-23(12-7-22)29-19-5-16-27-29)15-10-21-8-13-24(14-9-21)33(31,32)28-17-3-1-2-4-18-28/h5-9,11-14,16,19H,1-4,10,15,17-18,20H2,(H,26,30). The number of amides is 1. The normalized spacial score (nSPS) is 15.2. The van der Waals surface area contributed by atoms with Crippen molar-refractivity contribution in [2.24, 2.45) is 0 Å². The second-order valence-electron chi connectivity index (χ2n) is 8.36. The zero-order valence-corrected chi connectivity index (χ0v) is 19.5. The Morgan fingerprint density at radius 2 is 1.58 bits per heavy atom. The molecule has 1 amide bonds. The number of hydrogen-bond acceptors (Lipinski definition) is 4. The van der Waals surface area contributed by atoms with E-state index >= 15 is 0 Å². The van der Waals surface area contributed by atoms with Gasteiger partial charge < -0.3 is 5.32 Å². The number of nitrogens with one attached hydrogen (secondary N) is 1. The van der Waals surface area contributed by atoms with Crippen LogP contribution in [0.1, 0.15) is 43.2 Å². The first-order valence-electron chi connectivity index (χ1n) is 11.5. The van der Waals surface area contributed by atoms with Crippen LogP contribution in [0.5, 0.6) is 0 Å². The van der Waals surface area contributed by atoms with E-state index in [1.807, 2.05) is 48.7 Å². The third-order valence-electron chi connectivity index (χ3n) is 5.96. The van der Waals surface area contributed by atoms with Gasteiger partial charge in [0.25, 0.3) is 0 Å². The van der Waals surface area contributed by atoms with Gasteiger partial charge in [-0.25, -0.2) is 13.1 Å². The van der Waals surface area contributed by atoms with E-state index in [2.05, 4.69) is 10.4 Å². The minimum Gasteiger partial charge on any atom is -0.352 e. The van der Waals surface area contributed by atoms with Crippen LogP contribution in [0, 0.1) is 0 Å². The maximum absolute atomic E-state index is 12.9. The van der Waals surface area contributed by atoms with Crippen LogP contribution >= 0.6 is 0 Å². The molecular weight excluding hydrogens is 436 g/mol. The SMILES string of the molecule is O=C(CCc1ccc(S(=O)(=O)N2CCCCCC2)cc1)NCc1ccc(-n2cccn2)cc1. The quantitative estimate of drug-likeness (QED) is 0.549. The molecule has 0 saturated carbocycles. The second-order valence-corrected chi connectivity index (χ2v) is 10.3. The smallest absolute Gasteiger partial charge is 0.243 e. The fraction of sp³-hybridized carbons (Fsp3) is 0.360. The topological polar surface area (TPSA) is 84.3 Å². The minimum absolute atomic E-state index is 0.0348. The highest BCUT2D eigenvalue weighted by atomic mass is 32.2. The average molecular weight is 467 g/mol. The molecule has 1 aromatic heterocycles. The summed E-state index contributed by atoms with van der Waals surface area (Å²) in [6.07, 6.45) is 8.54. The van der Waals surface area contributed by atoms with Crippen molar-refractivity contribution in [3.63, 3.8) is 0 Å². The van der Waals surface area contributed by atoms with Gasteiger partial charge in [-0.2, -0.15) is 9.40 Å². The van der Waals surface area contributed by atoms with Gasteiger partial charge in [-0.1, -0.05) is 37.1 Å². The largest absolute Gasteiger partial charge is 0.352 e. The Labute approximate surface area is 195 Å². The van der Waals surface area contributed by atoms with Crippen LogP contribution in [0.25, 0.3) is 5.69 Å². The molecule has 4 rings (SSSR count). The molecule has 2 aromatic carbocycles. The molecule has 1 N–H and O–H groups in total. The second kappa shape index (κ2) is 10.8. The van der Waals surface area contributed by atoms with Crippen molar-refractivity contribution in [2.45, 2.75) is 50.0 Å². The lowest BCUT2D eigenvalue weighted by Crippen LogP contribution is -2.31. The van der Waals surface area contributed by atoms with Crippen molar-refractivity contribution in [1.82, 2.24) is 19.4 Å². The van der Waals surface area contributed by atoms with Crippen LogP contribution in [0.4, 0.5) is 0 Å². The molecule has 1 fully saturated rings. The molecule has 33 heavy (non-hydrogen) atoms. The predicted octanol–water partition coefficient (Wildman–Crippen LogP) is 3.69. The highest BCUT2D eigenvalue weighted by molar-refractivity contribution is 7.89. The number of carbonyl (C=O) groups excluding carboxylic acids is 1. The summed E-state index contributed by atoms with van der Waals surface area (Å²) in [6, 6.07) is 16.7. The minimum atomic E-state index is -3.44. The zero-order chi connectivity index (χ0) is 23.1. The highest BCUT2D eigenvalue weighted by Crippen LogP contribution is 2.21. The van der Waals surface area contributed by atoms with Crippen LogP contribution in [0.3, 0.4) is 0 Å². The van der Waals surface area contributed by atoms with Crippen molar-refractivity contribution in [3.8, 4) is 5.69 Å². The van der Waals surface area contributed by atoms with Gasteiger partial charge in [0, 0.05) is 38.4 Å². The van der Waals surface area contributed by atoms with E-state index < -0.39 is 10.0 Å². The van der Waals surface area contributed by atoms with Crippen molar-refractivity contribution in [1.29, 1.82) is 0 Å². The molecule has 1 aliphatic heterocycles. The van der Waals surface area contributed by atoms with Crippen molar-refractivity contribution < 1.29 is 13.2 Å². The summed E-state index contributed by atoms with van der Waals surface area (Å²) < 4.78 is 29.2. The Morgan fingerprint density at radius 3 is 2.21 bits per heavy atom. The van der Waals surface area contributed by atoms with Crippen LogP contribution in [0.15, 0.2) is 71.9 Å². The van der Waals surface area contributed by atoms with E-state index in [4.69, 9.17) is 0 Å². The lowest BCUT2D eigenvalue weighted by molar-refractivity contribution is -0.121. The van der Waals surface area contributed by atoms with E-state index in [-0.39, 0.29) is 5.91 Å². The summed E-state index contributed by atoms with van der Waals surface area (Å²) in [7, 11) is -3.44. The fourth-order valence-corrected chi connectivity index (χ4v) is 5.51. The summed E-state index contributed by atoms with van der Waals surface area (Å²) in [5.74, 6) is -0.0348. The van der Waals surface area contributed by atoms with Gasteiger partial charge in [0.05, 0.1) is 10.6 Å². The van der Waals surface area contributed by atoms with Gasteiger partial charge in [-0.3, -0.25) is 4.79 Å². The molecule has 1 saturated heterocycles. The first kappa shape index (κ1) is 23.2. The summed E-state index contributed by atoms with van der Waals surface area (Å²) in [5.41, 5.74) is 2.93. The number of aromatic nitrogens is 2. The van der Waals surface area contributed by atoms with Crippen molar-refractivity contribution in [2.75, 3.05) is 13.1 Å². The Morgan fingerprint density at radius 1 is 0.909 bits per heavy atom. The van der Waals surface area contributed by atoms with Gasteiger partial charge in [-0.15, -0.1) is 0 Å². The molecule has 0 bridgehead atoms. The fourth-order valence-electron chi connectivity index (χ4n) is 3.99. The van der Waals surface area contributed by atoms with E-state index in [1.54, 1.807) is 27.3 Å². The molecule has 0 radical (unpaired) electrons. The molecule has 0 atom stereocenters. The van der Waals surface area contributed by atoms with Gasteiger partial charge in [0.15, 0.2) is 0 Å². The van der Waals surface area contributed by atoms with Crippen LogP contribution in [-0.4, -0.2) is 41.5 Å². The maximum atomic E-state index is 12.9. The number of rotatable bonds is 8. The van der Waals surface area contributed by atoms with Crippen LogP contribution in [-0.2, 0) is 27.8 Å². The monoisotopic (exact) mass is 466 g/mol. The summed E-state index contributed by atoms with van der Waals surface area (Å²) in [6.45, 7) is 1.65. The zero-order valence-electron chi connectivity index (χ0n) is 18.7. The van der Waals surface area contributed by atoms with Gasteiger partial charge in [-0.05, 0) is 60.7 Å². The molecule has 2 heterocycles. The number of carbonyl (C=O) groups is 1. The van der Waals surface area contributed by atoms with E-state index in [0.29, 0.717) is 37.4 Å². The lowest BCUT2D eigenvalue weighted by atomic mass is 10.1. The van der Waals surface area contributed by atoms with Gasteiger partial charge in [0.1, 0.15) is 0 Å². The Kier molecular flexibility index (Phi) is 7.57. The van der Waals surface area contributed by atoms with Crippen LogP contribution in [0.2, 0.25) is 0 Å². The Bertz CT molecular complexity index is 1130. The van der Waals surface area contributed by atoms with Crippen molar-refractivity contribution >= 4 is 15.9 Å². The molecule has 0 spiro atoms. The molecule has 7 nitrogen and oxygen atoms in total. The predicted molar refractivity (Wildman–Crippen MR) is 127 cm³/mol. The molecule has 3 aromatic rings. The lowest BCUT2D eigenvalue weighted by Gasteiger charge is -2.20. The Hall–Kier alpha value is -2.97. The molecular formula is C25H30N4O3S. The third kappa shape index (κ3) is 6.09. The molecule has 0 unspecified atom stereocenters. The van der Waals surface area contributed by atoms with E-state index in [9.17, 15) is 13.2 Å². The van der Waals surface area contributed by atoms with Crippen LogP contribution < -0.4 is 5.32 Å². The van der Waals surface area contributed by atoms with E-state index in [0.717, 1.165) is 42.5 Å². The number of sulfonamides is 1. The highest BCUT2D eigenvalue weighted by Gasteiger charge is 2.24. The maximum Gasteiger partial charge on any atom is 0.243 e. The van der Waals surface area contributed by atoms with E-state index in [1.165, 1.54) is 0 Å². The Balaban J connectivity index is 1.25. The first-order valence-corrected chi connectivity index (χ1v) is 12.9. The number of hydrogen-bond donors (Lipinski definition) is 1. The number of benzene rings is 2. The molecule has 1 aliphatic rings. The number of nitrogens with zero attached hydrogens (tertiary/aromatic N) is 3. The number of aryl methyl sites for hydroxylation is 1. The first-order chi connectivity index (χ1) is 16.0. The van der Waals surface area contributed by atoms with Crippen molar-refractivity contribution in [3.05, 3.63) is 78.1 Å². The summed E-state index contributed by atoms with van der Waals surface area (Å²) in [4.78, 5) is 12.6. The molecule has 8 heteroatoms. The van der Waals surface area contributed by atoms with Gasteiger partial charge >= 0.3 is 0 Å².